The van der Waals surface area contributed by atoms with Gasteiger partial charge in [0.2, 0.25) is 5.91 Å². The van der Waals surface area contributed by atoms with Crippen LogP contribution in [0.3, 0.4) is 0 Å². The van der Waals surface area contributed by atoms with E-state index in [1.807, 2.05) is 24.3 Å². The lowest BCUT2D eigenvalue weighted by molar-refractivity contribution is -0.120. The Labute approximate surface area is 123 Å². The summed E-state index contributed by atoms with van der Waals surface area (Å²) >= 11 is 1.75. The fourth-order valence-electron chi connectivity index (χ4n) is 2.06. The second-order valence-corrected chi connectivity index (χ2v) is 5.90. The van der Waals surface area contributed by atoms with E-state index < -0.39 is 0 Å². The van der Waals surface area contributed by atoms with Crippen LogP contribution in [0.15, 0.2) is 36.4 Å². The van der Waals surface area contributed by atoms with Crippen LogP contribution in [-0.2, 0) is 30.7 Å². The van der Waals surface area contributed by atoms with Gasteiger partial charge >= 0.3 is 0 Å². The van der Waals surface area contributed by atoms with Gasteiger partial charge in [0.1, 0.15) is 0 Å². The summed E-state index contributed by atoms with van der Waals surface area (Å²) in [7, 11) is 0. The minimum absolute atomic E-state index is 0.0392. The van der Waals surface area contributed by atoms with Gasteiger partial charge in [-0.05, 0) is 29.7 Å². The van der Waals surface area contributed by atoms with Gasteiger partial charge in [-0.2, -0.15) is 0 Å². The second kappa shape index (κ2) is 7.22. The Morgan fingerprint density at radius 1 is 1.15 bits per heavy atom. The van der Waals surface area contributed by atoms with E-state index in [0.717, 1.165) is 17.5 Å². The van der Waals surface area contributed by atoms with Crippen molar-refractivity contribution in [2.75, 3.05) is 0 Å². The number of hydrogen-bond acceptors (Lipinski definition) is 3. The van der Waals surface area contributed by atoms with Crippen molar-refractivity contribution < 1.29 is 4.79 Å². The van der Waals surface area contributed by atoms with Crippen molar-refractivity contribution in [3.8, 4) is 0 Å². The van der Waals surface area contributed by atoms with Gasteiger partial charge in [-0.3, -0.25) is 4.79 Å². The highest BCUT2D eigenvalue weighted by Crippen LogP contribution is 2.16. The summed E-state index contributed by atoms with van der Waals surface area (Å²) in [6.07, 6.45) is 1.43. The lowest BCUT2D eigenvalue weighted by Crippen LogP contribution is -2.24. The summed E-state index contributed by atoms with van der Waals surface area (Å²) in [6, 6.07) is 12.0. The van der Waals surface area contributed by atoms with Gasteiger partial charge in [0.05, 0.1) is 13.0 Å². The number of hydrogen-bond donors (Lipinski definition) is 2. The summed E-state index contributed by atoms with van der Waals surface area (Å²) in [6.45, 7) is 3.21. The van der Waals surface area contributed by atoms with Crippen LogP contribution in [0.4, 0.5) is 0 Å². The second-order valence-electron chi connectivity index (χ2n) is 4.65. The Hall–Kier alpha value is -1.65. The van der Waals surface area contributed by atoms with Crippen molar-refractivity contribution in [3.63, 3.8) is 0 Å². The molecule has 3 N–H and O–H groups in total. The standard InChI is InChI=1S/C16H20N2OS/c1-2-14-7-8-15(20-14)11-18-16(19)9-12-5-3-4-6-13(12)10-17/h3-8H,2,9-11,17H2,1H3,(H,18,19). The molecule has 2 aromatic rings. The molecule has 0 aliphatic carbocycles. The highest BCUT2D eigenvalue weighted by atomic mass is 32.1. The van der Waals surface area contributed by atoms with Crippen LogP contribution in [0.2, 0.25) is 0 Å². The Bertz CT molecular complexity index is 577. The number of nitrogens with one attached hydrogen (secondary N) is 1. The zero-order chi connectivity index (χ0) is 14.4. The summed E-state index contributed by atoms with van der Waals surface area (Å²) in [5.74, 6) is 0.0392. The first-order valence-electron chi connectivity index (χ1n) is 6.84. The Morgan fingerprint density at radius 3 is 2.50 bits per heavy atom. The summed E-state index contributed by atoms with van der Waals surface area (Å²) < 4.78 is 0. The lowest BCUT2D eigenvalue weighted by atomic mass is 10.0. The first kappa shape index (κ1) is 14.8. The molecule has 3 nitrogen and oxygen atoms in total. The maximum Gasteiger partial charge on any atom is 0.224 e. The zero-order valence-corrected chi connectivity index (χ0v) is 12.5. The highest BCUT2D eigenvalue weighted by molar-refractivity contribution is 7.11. The quantitative estimate of drug-likeness (QED) is 0.858. The predicted molar refractivity (Wildman–Crippen MR) is 83.6 cm³/mol. The van der Waals surface area contributed by atoms with Gasteiger partial charge in [0.25, 0.3) is 0 Å². The lowest BCUT2D eigenvalue weighted by Gasteiger charge is -2.08. The number of amides is 1. The SMILES string of the molecule is CCc1ccc(CNC(=O)Cc2ccccc2CN)s1. The minimum atomic E-state index is 0.0392. The Balaban J connectivity index is 1.89. The first-order chi connectivity index (χ1) is 9.72. The number of aryl methyl sites for hydroxylation is 1. The van der Waals surface area contributed by atoms with Crippen LogP contribution in [0, 0.1) is 0 Å². The summed E-state index contributed by atoms with van der Waals surface area (Å²) in [5.41, 5.74) is 7.72. The summed E-state index contributed by atoms with van der Waals surface area (Å²) in [5, 5.41) is 2.97. The van der Waals surface area contributed by atoms with Crippen LogP contribution in [-0.4, -0.2) is 5.91 Å². The molecule has 0 aliphatic heterocycles. The molecule has 0 fully saturated rings. The molecule has 0 atom stereocenters. The van der Waals surface area contributed by atoms with Gasteiger partial charge in [0, 0.05) is 16.3 Å². The average Bonchev–Trinajstić information content (AvgIpc) is 2.94. The third-order valence-corrected chi connectivity index (χ3v) is 4.44. The van der Waals surface area contributed by atoms with Crippen molar-refractivity contribution in [2.45, 2.75) is 32.9 Å². The van der Waals surface area contributed by atoms with E-state index in [2.05, 4.69) is 24.4 Å². The molecular weight excluding hydrogens is 268 g/mol. The van der Waals surface area contributed by atoms with E-state index in [0.29, 0.717) is 19.5 Å². The molecule has 1 aromatic carbocycles. The van der Waals surface area contributed by atoms with E-state index in [9.17, 15) is 4.79 Å². The minimum Gasteiger partial charge on any atom is -0.351 e. The molecule has 0 saturated heterocycles. The smallest absolute Gasteiger partial charge is 0.224 e. The van der Waals surface area contributed by atoms with Crippen LogP contribution in [0.25, 0.3) is 0 Å². The molecule has 2 rings (SSSR count). The monoisotopic (exact) mass is 288 g/mol. The molecule has 0 unspecified atom stereocenters. The molecule has 20 heavy (non-hydrogen) atoms. The number of nitrogens with two attached hydrogens (primary N) is 1. The van der Waals surface area contributed by atoms with Crippen LogP contribution >= 0.6 is 11.3 Å². The number of carbonyl (C=O) groups is 1. The molecule has 1 aromatic heterocycles. The first-order valence-corrected chi connectivity index (χ1v) is 7.65. The number of thiophene rings is 1. The fraction of sp³-hybridized carbons (Fsp3) is 0.312. The van der Waals surface area contributed by atoms with Gasteiger partial charge in [-0.15, -0.1) is 11.3 Å². The van der Waals surface area contributed by atoms with Gasteiger partial charge in [-0.1, -0.05) is 31.2 Å². The van der Waals surface area contributed by atoms with E-state index >= 15 is 0 Å². The number of rotatable bonds is 6. The maximum absolute atomic E-state index is 12.0. The molecule has 0 saturated carbocycles. The normalized spacial score (nSPS) is 10.5. The van der Waals surface area contributed by atoms with E-state index in [1.165, 1.54) is 9.75 Å². The fourth-order valence-corrected chi connectivity index (χ4v) is 2.96. The molecule has 106 valence electrons. The molecular formula is C16H20N2OS. The summed E-state index contributed by atoms with van der Waals surface area (Å²) in [4.78, 5) is 14.5. The van der Waals surface area contributed by atoms with Crippen molar-refractivity contribution >= 4 is 17.2 Å². The zero-order valence-electron chi connectivity index (χ0n) is 11.7. The van der Waals surface area contributed by atoms with E-state index in [-0.39, 0.29) is 5.91 Å². The highest BCUT2D eigenvalue weighted by Gasteiger charge is 2.07. The maximum atomic E-state index is 12.0. The van der Waals surface area contributed by atoms with Gasteiger partial charge in [0.15, 0.2) is 0 Å². The molecule has 1 heterocycles. The largest absolute Gasteiger partial charge is 0.351 e. The van der Waals surface area contributed by atoms with E-state index in [1.54, 1.807) is 11.3 Å². The third-order valence-electron chi connectivity index (χ3n) is 3.21. The van der Waals surface area contributed by atoms with Crippen LogP contribution < -0.4 is 11.1 Å². The molecule has 1 amide bonds. The Morgan fingerprint density at radius 2 is 1.85 bits per heavy atom. The van der Waals surface area contributed by atoms with Crippen molar-refractivity contribution in [3.05, 3.63) is 57.3 Å². The molecule has 0 aliphatic rings. The number of benzene rings is 1. The predicted octanol–water partition coefficient (Wildman–Crippen LogP) is 2.63. The van der Waals surface area contributed by atoms with Crippen molar-refractivity contribution in [2.24, 2.45) is 5.73 Å². The molecule has 0 radical (unpaired) electrons. The van der Waals surface area contributed by atoms with Crippen molar-refractivity contribution in [1.29, 1.82) is 0 Å². The van der Waals surface area contributed by atoms with E-state index in [4.69, 9.17) is 5.73 Å². The average molecular weight is 288 g/mol. The molecule has 4 heteroatoms. The number of carbonyl (C=O) groups excluding carboxylic acids is 1. The third kappa shape index (κ3) is 3.92. The topological polar surface area (TPSA) is 55.1 Å². The van der Waals surface area contributed by atoms with Crippen molar-refractivity contribution in [1.82, 2.24) is 5.32 Å². The Kier molecular flexibility index (Phi) is 5.32. The van der Waals surface area contributed by atoms with Gasteiger partial charge < -0.3 is 11.1 Å². The van der Waals surface area contributed by atoms with Gasteiger partial charge in [-0.25, -0.2) is 0 Å². The molecule has 0 bridgehead atoms. The molecule has 0 spiro atoms. The van der Waals surface area contributed by atoms with Crippen LogP contribution in [0.5, 0.6) is 0 Å². The van der Waals surface area contributed by atoms with Crippen LogP contribution in [0.1, 0.15) is 27.8 Å².